The highest BCUT2D eigenvalue weighted by Gasteiger charge is 2.33. The second kappa shape index (κ2) is 7.81. The van der Waals surface area contributed by atoms with Gasteiger partial charge in [-0.3, -0.25) is 0 Å². The minimum absolute atomic E-state index is 0.0933. The number of rotatable bonds is 4. The smallest absolute Gasteiger partial charge is 0.433 e. The maximum atomic E-state index is 12.6. The molecular formula is C19H12F6N2O3. The highest BCUT2D eigenvalue weighted by Crippen LogP contribution is 2.31. The van der Waals surface area contributed by atoms with Gasteiger partial charge in [-0.25, -0.2) is 9.78 Å². The predicted molar refractivity (Wildman–Crippen MR) is 90.0 cm³/mol. The molecule has 30 heavy (non-hydrogen) atoms. The standard InChI is InChI=1S/C19H12F6N2O3/c1-10-14(6-7-16(26-10)19(23,24)25)17(28)29-9-13-8-15(27-30-13)11-2-4-12(5-3-11)18(20,21)22/h2-8H,9H2,1H3. The van der Waals surface area contributed by atoms with E-state index in [-0.39, 0.29) is 29.3 Å². The number of aromatic nitrogens is 2. The third-order valence-corrected chi connectivity index (χ3v) is 4.01. The molecule has 0 aliphatic rings. The number of hydrogen-bond donors (Lipinski definition) is 0. The first kappa shape index (κ1) is 21.3. The van der Waals surface area contributed by atoms with Crippen LogP contribution in [0.4, 0.5) is 26.3 Å². The summed E-state index contributed by atoms with van der Waals surface area (Å²) in [5, 5.41) is 3.70. The molecule has 0 aliphatic carbocycles. The summed E-state index contributed by atoms with van der Waals surface area (Å²) in [5.41, 5.74) is -1.67. The lowest BCUT2D eigenvalue weighted by Gasteiger charge is -2.09. The fourth-order valence-electron chi connectivity index (χ4n) is 2.50. The molecule has 11 heteroatoms. The summed E-state index contributed by atoms with van der Waals surface area (Å²) < 4.78 is 85.7. The van der Waals surface area contributed by atoms with Crippen molar-refractivity contribution < 1.29 is 40.4 Å². The molecule has 1 aromatic carbocycles. The molecule has 2 heterocycles. The second-order valence-corrected chi connectivity index (χ2v) is 6.16. The Kier molecular flexibility index (Phi) is 5.55. The zero-order valence-corrected chi connectivity index (χ0v) is 15.1. The molecule has 0 radical (unpaired) electrons. The Hall–Kier alpha value is -3.37. The SMILES string of the molecule is Cc1nc(C(F)(F)F)ccc1C(=O)OCc1cc(-c2ccc(C(F)(F)F)cc2)no1. The van der Waals surface area contributed by atoms with E-state index >= 15 is 0 Å². The molecule has 3 aromatic rings. The Morgan fingerprint density at radius 1 is 1.00 bits per heavy atom. The van der Waals surface area contributed by atoms with Crippen LogP contribution in [0.5, 0.6) is 0 Å². The van der Waals surface area contributed by atoms with Gasteiger partial charge in [-0.15, -0.1) is 0 Å². The van der Waals surface area contributed by atoms with Crippen molar-refractivity contribution in [2.75, 3.05) is 0 Å². The number of nitrogens with zero attached hydrogens (tertiary/aromatic N) is 2. The quantitative estimate of drug-likeness (QED) is 0.408. The summed E-state index contributed by atoms with van der Waals surface area (Å²) in [6.45, 7) is 0.857. The minimum atomic E-state index is -4.64. The van der Waals surface area contributed by atoms with Gasteiger partial charge in [0.05, 0.1) is 16.8 Å². The van der Waals surface area contributed by atoms with E-state index in [0.717, 1.165) is 18.2 Å². The van der Waals surface area contributed by atoms with Crippen LogP contribution >= 0.6 is 0 Å². The molecule has 0 unspecified atom stereocenters. The van der Waals surface area contributed by atoms with Gasteiger partial charge in [0.1, 0.15) is 11.4 Å². The van der Waals surface area contributed by atoms with Crippen LogP contribution in [-0.2, 0) is 23.7 Å². The topological polar surface area (TPSA) is 65.2 Å². The van der Waals surface area contributed by atoms with Gasteiger partial charge in [0, 0.05) is 11.6 Å². The maximum Gasteiger partial charge on any atom is 0.433 e. The lowest BCUT2D eigenvalue weighted by atomic mass is 10.1. The van der Waals surface area contributed by atoms with E-state index in [4.69, 9.17) is 9.26 Å². The Morgan fingerprint density at radius 3 is 2.23 bits per heavy atom. The van der Waals surface area contributed by atoms with Crippen LogP contribution in [0.3, 0.4) is 0 Å². The van der Waals surface area contributed by atoms with Gasteiger partial charge in [-0.2, -0.15) is 26.3 Å². The molecule has 5 nitrogen and oxygen atoms in total. The molecule has 0 fully saturated rings. The average molecular weight is 430 g/mol. The molecule has 0 saturated carbocycles. The van der Waals surface area contributed by atoms with Crippen LogP contribution < -0.4 is 0 Å². The molecular weight excluding hydrogens is 418 g/mol. The highest BCUT2D eigenvalue weighted by molar-refractivity contribution is 5.90. The fraction of sp³-hybridized carbons (Fsp3) is 0.211. The van der Waals surface area contributed by atoms with Gasteiger partial charge < -0.3 is 9.26 Å². The maximum absolute atomic E-state index is 12.6. The van der Waals surface area contributed by atoms with Crippen molar-refractivity contribution in [3.63, 3.8) is 0 Å². The molecule has 0 atom stereocenters. The number of aryl methyl sites for hydroxylation is 1. The van der Waals surface area contributed by atoms with E-state index in [2.05, 4.69) is 10.1 Å². The summed E-state index contributed by atoms with van der Waals surface area (Å²) in [4.78, 5) is 15.4. The lowest BCUT2D eigenvalue weighted by Crippen LogP contribution is -2.13. The van der Waals surface area contributed by atoms with Gasteiger partial charge in [0.2, 0.25) is 0 Å². The number of esters is 1. The molecule has 0 amide bonds. The zero-order valence-electron chi connectivity index (χ0n) is 15.1. The van der Waals surface area contributed by atoms with E-state index in [9.17, 15) is 31.1 Å². The van der Waals surface area contributed by atoms with E-state index < -0.39 is 29.6 Å². The van der Waals surface area contributed by atoms with Crippen LogP contribution in [-0.4, -0.2) is 16.1 Å². The van der Waals surface area contributed by atoms with Gasteiger partial charge >= 0.3 is 18.3 Å². The van der Waals surface area contributed by atoms with Gasteiger partial charge in [-0.05, 0) is 31.2 Å². The zero-order chi connectivity index (χ0) is 22.1. The molecule has 0 bridgehead atoms. The number of carbonyl (C=O) groups excluding carboxylic acids is 1. The average Bonchev–Trinajstić information content (AvgIpc) is 3.14. The highest BCUT2D eigenvalue weighted by atomic mass is 19.4. The molecule has 3 rings (SSSR count). The monoisotopic (exact) mass is 430 g/mol. The molecule has 158 valence electrons. The fourth-order valence-corrected chi connectivity index (χ4v) is 2.50. The predicted octanol–water partition coefficient (Wildman–Crippen LogP) is 5.44. The molecule has 0 N–H and O–H groups in total. The van der Waals surface area contributed by atoms with Crippen molar-refractivity contribution in [1.29, 1.82) is 0 Å². The van der Waals surface area contributed by atoms with Crippen LogP contribution in [0.15, 0.2) is 47.0 Å². The van der Waals surface area contributed by atoms with E-state index in [1.165, 1.54) is 25.1 Å². The van der Waals surface area contributed by atoms with E-state index in [1.807, 2.05) is 0 Å². The molecule has 0 aliphatic heterocycles. The summed E-state index contributed by atoms with van der Waals surface area (Å²) in [7, 11) is 0. The number of carbonyl (C=O) groups is 1. The van der Waals surface area contributed by atoms with Crippen LogP contribution in [0.25, 0.3) is 11.3 Å². The summed E-state index contributed by atoms with van der Waals surface area (Å²) in [5.74, 6) is -0.822. The van der Waals surface area contributed by atoms with Crippen molar-refractivity contribution in [3.05, 3.63) is 70.7 Å². The van der Waals surface area contributed by atoms with Crippen LogP contribution in [0.1, 0.15) is 33.1 Å². The number of halogens is 6. The van der Waals surface area contributed by atoms with E-state index in [0.29, 0.717) is 11.6 Å². The normalized spacial score (nSPS) is 12.1. The number of ether oxygens (including phenoxy) is 1. The van der Waals surface area contributed by atoms with Gasteiger partial charge in [0.15, 0.2) is 12.4 Å². The molecule has 0 saturated heterocycles. The lowest BCUT2D eigenvalue weighted by molar-refractivity contribution is -0.141. The Morgan fingerprint density at radius 2 is 1.67 bits per heavy atom. The first-order chi connectivity index (χ1) is 13.9. The third kappa shape index (κ3) is 4.78. The van der Waals surface area contributed by atoms with Crippen molar-refractivity contribution in [2.24, 2.45) is 0 Å². The first-order valence-corrected chi connectivity index (χ1v) is 8.30. The number of hydrogen-bond acceptors (Lipinski definition) is 5. The molecule has 0 spiro atoms. The summed E-state index contributed by atoms with van der Waals surface area (Å²) in [6, 6.07) is 7.21. The number of benzene rings is 1. The number of alkyl halides is 6. The third-order valence-electron chi connectivity index (χ3n) is 4.01. The van der Waals surface area contributed by atoms with Crippen LogP contribution in [0.2, 0.25) is 0 Å². The van der Waals surface area contributed by atoms with E-state index in [1.54, 1.807) is 0 Å². The summed E-state index contributed by atoms with van der Waals surface area (Å²) in [6.07, 6.45) is -9.10. The largest absolute Gasteiger partial charge is 0.454 e. The minimum Gasteiger partial charge on any atom is -0.454 e. The van der Waals surface area contributed by atoms with Crippen molar-refractivity contribution in [2.45, 2.75) is 25.9 Å². The number of pyridine rings is 1. The van der Waals surface area contributed by atoms with Crippen molar-refractivity contribution >= 4 is 5.97 Å². The first-order valence-electron chi connectivity index (χ1n) is 8.30. The van der Waals surface area contributed by atoms with Crippen LogP contribution in [0, 0.1) is 6.92 Å². The molecule has 2 aromatic heterocycles. The Labute approximate surface area is 165 Å². The van der Waals surface area contributed by atoms with Gasteiger partial charge in [0.25, 0.3) is 0 Å². The van der Waals surface area contributed by atoms with Crippen molar-refractivity contribution in [3.8, 4) is 11.3 Å². The summed E-state index contributed by atoms with van der Waals surface area (Å²) >= 11 is 0. The Bertz CT molecular complexity index is 1060. The second-order valence-electron chi connectivity index (χ2n) is 6.16. The van der Waals surface area contributed by atoms with Crippen molar-refractivity contribution in [1.82, 2.24) is 10.1 Å². The Balaban J connectivity index is 1.66. The van der Waals surface area contributed by atoms with Gasteiger partial charge in [-0.1, -0.05) is 17.3 Å².